The Bertz CT molecular complexity index is 995. The van der Waals surface area contributed by atoms with Crippen molar-refractivity contribution in [2.45, 2.75) is 20.0 Å². The van der Waals surface area contributed by atoms with E-state index in [1.165, 1.54) is 12.1 Å². The summed E-state index contributed by atoms with van der Waals surface area (Å²) >= 11 is 6.22. The van der Waals surface area contributed by atoms with E-state index in [9.17, 15) is 9.18 Å². The molecule has 0 unspecified atom stereocenters. The molecule has 0 saturated carbocycles. The topological polar surface area (TPSA) is 63.2 Å². The van der Waals surface area contributed by atoms with E-state index in [0.717, 1.165) is 0 Å². The summed E-state index contributed by atoms with van der Waals surface area (Å²) in [6, 6.07) is 14.2. The van der Waals surface area contributed by atoms with E-state index in [1.807, 2.05) is 13.8 Å². The summed E-state index contributed by atoms with van der Waals surface area (Å²) in [5, 5.41) is 6.15. The van der Waals surface area contributed by atoms with Gasteiger partial charge in [0.1, 0.15) is 17.4 Å². The number of hydrogen-bond acceptors (Lipinski definition) is 4. The number of ether oxygens (including phenoxy) is 1. The third-order valence-electron chi connectivity index (χ3n) is 3.69. The number of halogens is 2. The lowest BCUT2D eigenvalue weighted by Crippen LogP contribution is -2.15. The van der Waals surface area contributed by atoms with Crippen molar-refractivity contribution in [3.8, 4) is 5.75 Å². The summed E-state index contributed by atoms with van der Waals surface area (Å²) in [7, 11) is 0. The van der Waals surface area contributed by atoms with E-state index in [0.29, 0.717) is 33.5 Å². The number of carbonyl (C=O) groups is 1. The molecule has 1 aromatic heterocycles. The molecule has 3 aromatic rings. The van der Waals surface area contributed by atoms with Gasteiger partial charge in [-0.3, -0.25) is 4.79 Å². The van der Waals surface area contributed by atoms with Crippen LogP contribution in [-0.2, 0) is 0 Å². The van der Waals surface area contributed by atoms with Crippen LogP contribution in [0.25, 0.3) is 0 Å². The number of pyridine rings is 1. The number of aromatic nitrogens is 1. The van der Waals surface area contributed by atoms with Gasteiger partial charge < -0.3 is 15.4 Å². The maximum absolute atomic E-state index is 13.4. The largest absolute Gasteiger partial charge is 0.489 e. The smallest absolute Gasteiger partial charge is 0.259 e. The lowest BCUT2D eigenvalue weighted by molar-refractivity contribution is 0.102. The van der Waals surface area contributed by atoms with Crippen molar-refractivity contribution < 1.29 is 13.9 Å². The average Bonchev–Trinajstić information content (AvgIpc) is 2.64. The minimum Gasteiger partial charge on any atom is -0.489 e. The number of benzene rings is 2. The highest BCUT2D eigenvalue weighted by atomic mass is 35.5. The van der Waals surface area contributed by atoms with Crippen molar-refractivity contribution in [3.63, 3.8) is 0 Å². The Morgan fingerprint density at radius 1 is 1.11 bits per heavy atom. The molecule has 0 atom stereocenters. The van der Waals surface area contributed by atoms with E-state index in [2.05, 4.69) is 15.6 Å². The fourth-order valence-corrected chi connectivity index (χ4v) is 2.74. The molecular weight excluding hydrogens is 381 g/mol. The van der Waals surface area contributed by atoms with Gasteiger partial charge in [-0.1, -0.05) is 17.7 Å². The summed E-state index contributed by atoms with van der Waals surface area (Å²) in [6.45, 7) is 3.81. The Labute approximate surface area is 167 Å². The van der Waals surface area contributed by atoms with Crippen LogP contribution in [0.15, 0.2) is 60.8 Å². The first-order valence-electron chi connectivity index (χ1n) is 8.67. The van der Waals surface area contributed by atoms with E-state index in [1.54, 1.807) is 48.7 Å². The molecule has 5 nitrogen and oxygen atoms in total. The van der Waals surface area contributed by atoms with Gasteiger partial charge in [-0.15, -0.1) is 0 Å². The van der Waals surface area contributed by atoms with Gasteiger partial charge in [0.25, 0.3) is 5.91 Å². The van der Waals surface area contributed by atoms with Crippen LogP contribution in [0.2, 0.25) is 5.02 Å². The highest BCUT2D eigenvalue weighted by Crippen LogP contribution is 2.29. The van der Waals surface area contributed by atoms with Gasteiger partial charge in [-0.05, 0) is 62.4 Å². The number of hydrogen-bond donors (Lipinski definition) is 2. The molecule has 0 radical (unpaired) electrons. The summed E-state index contributed by atoms with van der Waals surface area (Å²) in [5.41, 5.74) is 1.32. The van der Waals surface area contributed by atoms with E-state index in [4.69, 9.17) is 16.3 Å². The second kappa shape index (κ2) is 8.71. The molecule has 7 heteroatoms. The average molecular weight is 400 g/mol. The Balaban J connectivity index is 1.79. The number of anilines is 3. The summed E-state index contributed by atoms with van der Waals surface area (Å²) < 4.78 is 19.0. The van der Waals surface area contributed by atoms with Crippen molar-refractivity contribution in [1.29, 1.82) is 0 Å². The molecule has 2 aromatic carbocycles. The first-order valence-corrected chi connectivity index (χ1v) is 9.05. The summed E-state index contributed by atoms with van der Waals surface area (Å²) in [6.07, 6.45) is 1.54. The molecule has 144 valence electrons. The molecule has 1 heterocycles. The van der Waals surface area contributed by atoms with Crippen molar-refractivity contribution in [2.24, 2.45) is 0 Å². The molecule has 0 spiro atoms. The van der Waals surface area contributed by atoms with Gasteiger partial charge in [0.05, 0.1) is 16.7 Å². The second-order valence-electron chi connectivity index (χ2n) is 6.30. The first-order chi connectivity index (χ1) is 13.4. The van der Waals surface area contributed by atoms with Crippen LogP contribution in [0, 0.1) is 5.82 Å². The molecular formula is C21H19ClFN3O2. The molecule has 2 N–H and O–H groups in total. The van der Waals surface area contributed by atoms with E-state index >= 15 is 0 Å². The lowest BCUT2D eigenvalue weighted by Gasteiger charge is -2.14. The van der Waals surface area contributed by atoms with Gasteiger partial charge in [0.2, 0.25) is 0 Å². The fourth-order valence-electron chi connectivity index (χ4n) is 2.52. The zero-order valence-corrected chi connectivity index (χ0v) is 16.1. The molecule has 0 bridgehead atoms. The first kappa shape index (κ1) is 19.6. The molecule has 3 rings (SSSR count). The van der Waals surface area contributed by atoms with Crippen LogP contribution in [0.4, 0.5) is 21.6 Å². The van der Waals surface area contributed by atoms with Gasteiger partial charge in [0, 0.05) is 17.6 Å². The SMILES string of the molecule is CC(C)Oc1ccc(NC(=O)c2cccnc2Nc2cccc(F)c2)cc1Cl. The van der Waals surface area contributed by atoms with E-state index < -0.39 is 0 Å². The van der Waals surface area contributed by atoms with Crippen LogP contribution in [0.5, 0.6) is 5.75 Å². The van der Waals surface area contributed by atoms with Gasteiger partial charge >= 0.3 is 0 Å². The summed E-state index contributed by atoms with van der Waals surface area (Å²) in [4.78, 5) is 16.9. The van der Waals surface area contributed by atoms with Crippen molar-refractivity contribution in [1.82, 2.24) is 4.98 Å². The number of rotatable bonds is 6. The van der Waals surface area contributed by atoms with Crippen LogP contribution in [0.3, 0.4) is 0 Å². The molecule has 0 fully saturated rings. The summed E-state index contributed by atoms with van der Waals surface area (Å²) in [5.74, 6) is 0.104. The normalized spacial score (nSPS) is 10.6. The zero-order chi connectivity index (χ0) is 20.1. The Kier molecular flexibility index (Phi) is 6.11. The van der Waals surface area contributed by atoms with Crippen LogP contribution >= 0.6 is 11.6 Å². The predicted molar refractivity (Wildman–Crippen MR) is 109 cm³/mol. The number of carbonyl (C=O) groups excluding carboxylic acids is 1. The van der Waals surface area contributed by atoms with Gasteiger partial charge in [0.15, 0.2) is 0 Å². The Morgan fingerprint density at radius 3 is 2.64 bits per heavy atom. The molecule has 28 heavy (non-hydrogen) atoms. The Hall–Kier alpha value is -3.12. The lowest BCUT2D eigenvalue weighted by atomic mass is 10.2. The van der Waals surface area contributed by atoms with Gasteiger partial charge in [-0.2, -0.15) is 0 Å². The van der Waals surface area contributed by atoms with Crippen molar-refractivity contribution in [2.75, 3.05) is 10.6 Å². The molecule has 0 aliphatic heterocycles. The van der Waals surface area contributed by atoms with Crippen LogP contribution in [-0.4, -0.2) is 17.0 Å². The minimum atomic E-state index is -0.384. The number of nitrogens with zero attached hydrogens (tertiary/aromatic N) is 1. The second-order valence-corrected chi connectivity index (χ2v) is 6.71. The Morgan fingerprint density at radius 2 is 1.93 bits per heavy atom. The highest BCUT2D eigenvalue weighted by Gasteiger charge is 2.14. The third-order valence-corrected chi connectivity index (χ3v) is 3.99. The number of nitrogens with one attached hydrogen (secondary N) is 2. The predicted octanol–water partition coefficient (Wildman–Crippen LogP) is 5.66. The quantitative estimate of drug-likeness (QED) is 0.561. The van der Waals surface area contributed by atoms with Crippen LogP contribution in [0.1, 0.15) is 24.2 Å². The third kappa shape index (κ3) is 4.98. The minimum absolute atomic E-state index is 0.00945. The zero-order valence-electron chi connectivity index (χ0n) is 15.4. The molecule has 0 aliphatic rings. The van der Waals surface area contributed by atoms with Gasteiger partial charge in [-0.25, -0.2) is 9.37 Å². The molecule has 0 saturated heterocycles. The monoisotopic (exact) mass is 399 g/mol. The maximum Gasteiger partial charge on any atom is 0.259 e. The molecule has 0 aliphatic carbocycles. The highest BCUT2D eigenvalue weighted by molar-refractivity contribution is 6.32. The van der Waals surface area contributed by atoms with Crippen LogP contribution < -0.4 is 15.4 Å². The number of amides is 1. The van der Waals surface area contributed by atoms with Crippen molar-refractivity contribution >= 4 is 34.7 Å². The maximum atomic E-state index is 13.4. The van der Waals surface area contributed by atoms with E-state index in [-0.39, 0.29) is 17.8 Å². The standard InChI is InChI=1S/C21H19ClFN3O2/c1-13(2)28-19-9-8-16(12-18(19)22)26-21(27)17-7-4-10-24-20(17)25-15-6-3-5-14(23)11-15/h3-13H,1-2H3,(H,24,25)(H,26,27). The molecule has 1 amide bonds. The fraction of sp³-hybridized carbons (Fsp3) is 0.143. The van der Waals surface area contributed by atoms with Crippen molar-refractivity contribution in [3.05, 3.63) is 77.2 Å².